The van der Waals surface area contributed by atoms with Crippen LogP contribution >= 0.6 is 0 Å². The summed E-state index contributed by atoms with van der Waals surface area (Å²) in [5, 5.41) is 8.61. The van der Waals surface area contributed by atoms with Crippen molar-refractivity contribution in [2.45, 2.75) is 13.5 Å². The van der Waals surface area contributed by atoms with E-state index in [0.29, 0.717) is 12.1 Å². The Morgan fingerprint density at radius 1 is 1.62 bits per heavy atom. The zero-order valence-electron chi connectivity index (χ0n) is 8.84. The van der Waals surface area contributed by atoms with Crippen LogP contribution in [0.4, 0.5) is 0 Å². The number of nitrogens with zero attached hydrogens (tertiary/aromatic N) is 2. The minimum Gasteiger partial charge on any atom is -0.476 e. The molecule has 0 aliphatic heterocycles. The predicted molar refractivity (Wildman–Crippen MR) is 55.0 cm³/mol. The van der Waals surface area contributed by atoms with Gasteiger partial charge >= 0.3 is 11.9 Å². The summed E-state index contributed by atoms with van der Waals surface area (Å²) in [7, 11) is 0. The van der Waals surface area contributed by atoms with Gasteiger partial charge in [0.2, 0.25) is 0 Å². The molecule has 0 saturated carbocycles. The number of esters is 1. The average Bonchev–Trinajstić information content (AvgIpc) is 2.66. The first-order valence-corrected chi connectivity index (χ1v) is 4.58. The van der Waals surface area contributed by atoms with Crippen molar-refractivity contribution < 1.29 is 19.4 Å². The van der Waals surface area contributed by atoms with Crippen molar-refractivity contribution in [2.75, 3.05) is 6.61 Å². The summed E-state index contributed by atoms with van der Waals surface area (Å²) >= 11 is 0. The number of carbonyl (C=O) groups is 2. The summed E-state index contributed by atoms with van der Waals surface area (Å²) < 4.78 is 6.38. The number of carbonyl (C=O) groups excluding carboxylic acids is 1. The molecule has 1 rings (SSSR count). The van der Waals surface area contributed by atoms with Gasteiger partial charge in [0.05, 0.1) is 12.9 Å². The highest BCUT2D eigenvalue weighted by Gasteiger charge is 2.07. The molecule has 0 aliphatic rings. The standard InChI is InChI=1S/C10H12N2O4/c1-7(2)10(15)16-4-3-12-5-8(9(13)14)11-6-12/h5-6H,1,3-4H2,2H3,(H,13,14). The first-order valence-electron chi connectivity index (χ1n) is 4.58. The molecule has 1 aromatic rings. The fraction of sp³-hybridized carbons (Fsp3) is 0.300. The van der Waals surface area contributed by atoms with Gasteiger partial charge in [-0.15, -0.1) is 0 Å². The zero-order chi connectivity index (χ0) is 12.1. The smallest absolute Gasteiger partial charge is 0.356 e. The van der Waals surface area contributed by atoms with Crippen molar-refractivity contribution in [1.82, 2.24) is 9.55 Å². The summed E-state index contributed by atoms with van der Waals surface area (Å²) in [4.78, 5) is 25.2. The maximum Gasteiger partial charge on any atom is 0.356 e. The van der Waals surface area contributed by atoms with Crippen molar-refractivity contribution in [2.24, 2.45) is 0 Å². The van der Waals surface area contributed by atoms with Crippen LogP contribution < -0.4 is 0 Å². The Labute approximate surface area is 92.2 Å². The monoisotopic (exact) mass is 224 g/mol. The second-order valence-electron chi connectivity index (χ2n) is 3.22. The van der Waals surface area contributed by atoms with Crippen molar-refractivity contribution >= 4 is 11.9 Å². The van der Waals surface area contributed by atoms with Crippen LogP contribution in [0.5, 0.6) is 0 Å². The van der Waals surface area contributed by atoms with E-state index in [2.05, 4.69) is 11.6 Å². The van der Waals surface area contributed by atoms with Crippen molar-refractivity contribution in [3.05, 3.63) is 30.4 Å². The van der Waals surface area contributed by atoms with Crippen LogP contribution in [0.2, 0.25) is 0 Å². The maximum absolute atomic E-state index is 11.0. The highest BCUT2D eigenvalue weighted by molar-refractivity contribution is 5.86. The normalized spacial score (nSPS) is 9.81. The molecule has 0 saturated heterocycles. The van der Waals surface area contributed by atoms with Gasteiger partial charge in [-0.1, -0.05) is 6.58 Å². The molecule has 6 nitrogen and oxygen atoms in total. The molecule has 0 radical (unpaired) electrons. The van der Waals surface area contributed by atoms with E-state index >= 15 is 0 Å². The van der Waals surface area contributed by atoms with Gasteiger partial charge in [0.15, 0.2) is 5.69 Å². The van der Waals surface area contributed by atoms with Crippen LogP contribution in [0.1, 0.15) is 17.4 Å². The average molecular weight is 224 g/mol. The SMILES string of the molecule is C=C(C)C(=O)OCCn1cnc(C(=O)O)c1. The molecule has 6 heteroatoms. The molecule has 0 atom stereocenters. The van der Waals surface area contributed by atoms with Gasteiger partial charge in [-0.25, -0.2) is 14.6 Å². The van der Waals surface area contributed by atoms with Crippen LogP contribution in [0, 0.1) is 0 Å². The van der Waals surface area contributed by atoms with E-state index < -0.39 is 11.9 Å². The number of hydrogen-bond acceptors (Lipinski definition) is 4. The third-order valence-electron chi connectivity index (χ3n) is 1.78. The first-order chi connectivity index (χ1) is 7.50. The van der Waals surface area contributed by atoms with Gasteiger partial charge in [-0.3, -0.25) is 0 Å². The Morgan fingerprint density at radius 3 is 2.81 bits per heavy atom. The van der Waals surface area contributed by atoms with Gasteiger partial charge in [-0.05, 0) is 6.92 Å². The summed E-state index contributed by atoms with van der Waals surface area (Å²) in [5.41, 5.74) is 0.295. The summed E-state index contributed by atoms with van der Waals surface area (Å²) in [6.07, 6.45) is 2.75. The van der Waals surface area contributed by atoms with E-state index in [0.717, 1.165) is 0 Å². The lowest BCUT2D eigenvalue weighted by Crippen LogP contribution is -2.10. The highest BCUT2D eigenvalue weighted by Crippen LogP contribution is 1.97. The molecule has 0 aromatic carbocycles. The van der Waals surface area contributed by atoms with Crippen molar-refractivity contribution in [1.29, 1.82) is 0 Å². The number of ether oxygens (including phenoxy) is 1. The van der Waals surface area contributed by atoms with E-state index in [1.165, 1.54) is 17.1 Å². The molecular weight excluding hydrogens is 212 g/mol. The molecule has 0 bridgehead atoms. The third-order valence-corrected chi connectivity index (χ3v) is 1.78. The van der Waals surface area contributed by atoms with Gasteiger partial charge in [0.1, 0.15) is 6.61 Å². The van der Waals surface area contributed by atoms with E-state index in [9.17, 15) is 9.59 Å². The van der Waals surface area contributed by atoms with E-state index in [-0.39, 0.29) is 12.3 Å². The molecule has 0 unspecified atom stereocenters. The van der Waals surface area contributed by atoms with Gasteiger partial charge in [0, 0.05) is 11.8 Å². The van der Waals surface area contributed by atoms with Crippen molar-refractivity contribution in [3.63, 3.8) is 0 Å². The van der Waals surface area contributed by atoms with E-state index in [1.54, 1.807) is 6.92 Å². The number of rotatable bonds is 5. The maximum atomic E-state index is 11.0. The van der Waals surface area contributed by atoms with Crippen LogP contribution in [0.25, 0.3) is 0 Å². The van der Waals surface area contributed by atoms with Crippen LogP contribution in [0.3, 0.4) is 0 Å². The fourth-order valence-corrected chi connectivity index (χ4v) is 0.960. The minimum absolute atomic E-state index is 0.0359. The lowest BCUT2D eigenvalue weighted by molar-refractivity contribution is -0.139. The second kappa shape index (κ2) is 5.11. The molecule has 86 valence electrons. The first kappa shape index (κ1) is 12.0. The molecule has 1 N–H and O–H groups in total. The Bertz CT molecular complexity index is 422. The number of imidazole rings is 1. The number of aromatic nitrogens is 2. The number of carboxylic acids is 1. The summed E-state index contributed by atoms with van der Waals surface area (Å²) in [6, 6.07) is 0. The number of hydrogen-bond donors (Lipinski definition) is 1. The van der Waals surface area contributed by atoms with Crippen LogP contribution in [-0.2, 0) is 16.1 Å². The van der Waals surface area contributed by atoms with Crippen molar-refractivity contribution in [3.8, 4) is 0 Å². The van der Waals surface area contributed by atoms with Crippen LogP contribution in [-0.4, -0.2) is 33.2 Å². The Hall–Kier alpha value is -2.11. The molecule has 0 aliphatic carbocycles. The zero-order valence-corrected chi connectivity index (χ0v) is 8.84. The van der Waals surface area contributed by atoms with Crippen LogP contribution in [0.15, 0.2) is 24.7 Å². The summed E-state index contributed by atoms with van der Waals surface area (Å²) in [6.45, 7) is 5.51. The third kappa shape index (κ3) is 3.23. The Kier molecular flexibility index (Phi) is 3.82. The summed E-state index contributed by atoms with van der Waals surface area (Å²) in [5.74, 6) is -1.55. The highest BCUT2D eigenvalue weighted by atomic mass is 16.5. The lowest BCUT2D eigenvalue weighted by atomic mass is 10.4. The molecule has 16 heavy (non-hydrogen) atoms. The van der Waals surface area contributed by atoms with E-state index in [4.69, 9.17) is 9.84 Å². The topological polar surface area (TPSA) is 81.4 Å². The second-order valence-corrected chi connectivity index (χ2v) is 3.22. The Morgan fingerprint density at radius 2 is 2.31 bits per heavy atom. The number of carboxylic acid groups (broad SMARTS) is 1. The number of aromatic carboxylic acids is 1. The molecule has 0 fully saturated rings. The van der Waals surface area contributed by atoms with Gasteiger partial charge in [-0.2, -0.15) is 0 Å². The fourth-order valence-electron chi connectivity index (χ4n) is 0.960. The molecule has 1 aromatic heterocycles. The predicted octanol–water partition coefficient (Wildman–Crippen LogP) is 0.701. The molecule has 0 spiro atoms. The molecule has 0 amide bonds. The van der Waals surface area contributed by atoms with Gasteiger partial charge in [0.25, 0.3) is 0 Å². The molecular formula is C10H12N2O4. The Balaban J connectivity index is 2.40. The van der Waals surface area contributed by atoms with E-state index in [1.807, 2.05) is 0 Å². The minimum atomic E-state index is -1.09. The largest absolute Gasteiger partial charge is 0.476 e. The lowest BCUT2D eigenvalue weighted by Gasteiger charge is -2.04. The quantitative estimate of drug-likeness (QED) is 0.588. The van der Waals surface area contributed by atoms with Gasteiger partial charge < -0.3 is 14.4 Å². The molecule has 1 heterocycles.